The normalized spacial score (nSPS) is 46.7. The summed E-state index contributed by atoms with van der Waals surface area (Å²) in [5.41, 5.74) is -1.97. The molecule has 0 aromatic rings. The SMILES string of the molecule is C[C@H]1CC(=O)N2C[C@H]3C4C[C@]5(CC(=O)N(C)C5=O)C(C)(C)[C@@H]3C[C@]12C(=O)N4C. The van der Waals surface area contributed by atoms with E-state index in [9.17, 15) is 19.2 Å². The minimum absolute atomic E-state index is 0.0267. The molecule has 4 bridgehead atoms. The first-order chi connectivity index (χ1) is 13.0. The molecule has 0 radical (unpaired) electrons. The van der Waals surface area contributed by atoms with Gasteiger partial charge in [0.1, 0.15) is 5.54 Å². The Morgan fingerprint density at radius 1 is 0.964 bits per heavy atom. The number of likely N-dealkylation sites (tertiary alicyclic amines) is 1. The molecule has 1 saturated carbocycles. The van der Waals surface area contributed by atoms with Gasteiger partial charge in [0.2, 0.25) is 23.6 Å². The van der Waals surface area contributed by atoms with E-state index >= 15 is 0 Å². The van der Waals surface area contributed by atoms with Crippen LogP contribution in [0.15, 0.2) is 0 Å². The van der Waals surface area contributed by atoms with Gasteiger partial charge in [-0.15, -0.1) is 0 Å². The molecule has 7 heteroatoms. The molecule has 6 aliphatic rings. The number of carbonyl (C=O) groups is 4. The van der Waals surface area contributed by atoms with Crippen LogP contribution in [-0.2, 0) is 19.2 Å². The molecule has 4 amide bonds. The quantitative estimate of drug-likeness (QED) is 0.578. The van der Waals surface area contributed by atoms with Gasteiger partial charge in [-0.05, 0) is 30.1 Å². The number of imide groups is 1. The van der Waals surface area contributed by atoms with Crippen LogP contribution in [0, 0.1) is 28.6 Å². The van der Waals surface area contributed by atoms with Gasteiger partial charge in [0.05, 0.1) is 5.41 Å². The summed E-state index contributed by atoms with van der Waals surface area (Å²) in [7, 11) is 3.41. The average molecular weight is 387 g/mol. The van der Waals surface area contributed by atoms with Crippen molar-refractivity contribution in [2.75, 3.05) is 20.6 Å². The minimum Gasteiger partial charge on any atom is -0.340 e. The summed E-state index contributed by atoms with van der Waals surface area (Å²) in [5, 5.41) is 0. The summed E-state index contributed by atoms with van der Waals surface area (Å²) < 4.78 is 0. The van der Waals surface area contributed by atoms with Crippen LogP contribution in [0.25, 0.3) is 0 Å². The first-order valence-electron chi connectivity index (χ1n) is 10.4. The third-order valence-corrected chi connectivity index (χ3v) is 9.46. The predicted molar refractivity (Wildman–Crippen MR) is 99.6 cm³/mol. The lowest BCUT2D eigenvalue weighted by Gasteiger charge is -2.60. The number of hydrogen-bond acceptors (Lipinski definition) is 4. The molecule has 5 saturated heterocycles. The Morgan fingerprint density at radius 3 is 2.25 bits per heavy atom. The zero-order chi connectivity index (χ0) is 20.4. The van der Waals surface area contributed by atoms with Gasteiger partial charge in [-0.25, -0.2) is 0 Å². The van der Waals surface area contributed by atoms with Crippen LogP contribution in [0.1, 0.15) is 46.5 Å². The lowest BCUT2D eigenvalue weighted by molar-refractivity contribution is -0.166. The highest BCUT2D eigenvalue weighted by atomic mass is 16.2. The van der Waals surface area contributed by atoms with E-state index < -0.39 is 16.4 Å². The molecule has 1 aliphatic carbocycles. The Morgan fingerprint density at radius 2 is 1.64 bits per heavy atom. The maximum atomic E-state index is 13.7. The summed E-state index contributed by atoms with van der Waals surface area (Å²) in [6.45, 7) is 6.84. The van der Waals surface area contributed by atoms with Gasteiger partial charge >= 0.3 is 0 Å². The van der Waals surface area contributed by atoms with Crippen LogP contribution < -0.4 is 0 Å². The molecule has 2 spiro atoms. The molecule has 6 fully saturated rings. The van der Waals surface area contributed by atoms with Gasteiger partial charge in [0.15, 0.2) is 0 Å². The van der Waals surface area contributed by atoms with Gasteiger partial charge in [-0.2, -0.15) is 0 Å². The molecule has 0 aromatic heterocycles. The van der Waals surface area contributed by atoms with Crippen molar-refractivity contribution in [3.8, 4) is 0 Å². The third kappa shape index (κ3) is 1.65. The fraction of sp³-hybridized carbons (Fsp3) is 0.810. The number of likely N-dealkylation sites (N-methyl/N-ethyl adjacent to an activating group) is 1. The monoisotopic (exact) mass is 387 g/mol. The van der Waals surface area contributed by atoms with Gasteiger partial charge in [-0.3, -0.25) is 24.1 Å². The molecule has 0 N–H and O–H groups in total. The molecule has 5 aliphatic heterocycles. The van der Waals surface area contributed by atoms with E-state index in [1.165, 1.54) is 4.90 Å². The van der Waals surface area contributed by atoms with Crippen molar-refractivity contribution in [3.05, 3.63) is 0 Å². The van der Waals surface area contributed by atoms with Gasteiger partial charge in [-0.1, -0.05) is 20.8 Å². The smallest absolute Gasteiger partial charge is 0.248 e. The van der Waals surface area contributed by atoms with Crippen molar-refractivity contribution >= 4 is 23.6 Å². The highest BCUT2D eigenvalue weighted by molar-refractivity contribution is 6.06. The van der Waals surface area contributed by atoms with E-state index in [0.717, 1.165) is 0 Å². The summed E-state index contributed by atoms with van der Waals surface area (Å²) in [4.78, 5) is 57.2. The summed E-state index contributed by atoms with van der Waals surface area (Å²) in [6, 6.07) is -0.112. The predicted octanol–water partition coefficient (Wildman–Crippen LogP) is 0.875. The zero-order valence-electron chi connectivity index (χ0n) is 17.3. The van der Waals surface area contributed by atoms with Crippen molar-refractivity contribution < 1.29 is 19.2 Å². The van der Waals surface area contributed by atoms with Gasteiger partial charge in [0.25, 0.3) is 0 Å². The molecule has 1 unspecified atom stereocenters. The number of piperidine rings is 1. The number of rotatable bonds is 0. The largest absolute Gasteiger partial charge is 0.340 e. The van der Waals surface area contributed by atoms with E-state index in [2.05, 4.69) is 13.8 Å². The molecule has 152 valence electrons. The highest BCUT2D eigenvalue weighted by Gasteiger charge is 2.74. The van der Waals surface area contributed by atoms with Crippen molar-refractivity contribution in [3.63, 3.8) is 0 Å². The maximum Gasteiger partial charge on any atom is 0.248 e. The maximum absolute atomic E-state index is 13.7. The molecule has 7 nitrogen and oxygen atoms in total. The minimum atomic E-state index is -0.790. The Bertz CT molecular complexity index is 838. The van der Waals surface area contributed by atoms with Crippen LogP contribution in [0.4, 0.5) is 0 Å². The zero-order valence-corrected chi connectivity index (χ0v) is 17.3. The lowest BCUT2D eigenvalue weighted by atomic mass is 9.46. The summed E-state index contributed by atoms with van der Waals surface area (Å²) >= 11 is 0. The number of carbonyl (C=O) groups excluding carboxylic acids is 4. The molecule has 6 atom stereocenters. The standard InChI is InChI=1S/C21H29N3O4/c1-11-6-15(25)24-10-12-13-7-21(11,24)18(28)22(4)14(12)8-20(19(13,2)3)9-16(26)23(5)17(20)27/h11-14H,6-10H2,1-5H3/t11-,12+,13+,14?,20+,21+/m0/s1. The summed E-state index contributed by atoms with van der Waals surface area (Å²) in [5.74, 6) is 0.116. The van der Waals surface area contributed by atoms with E-state index in [1.807, 2.05) is 23.8 Å². The van der Waals surface area contributed by atoms with Crippen LogP contribution in [-0.4, -0.2) is 70.5 Å². The van der Waals surface area contributed by atoms with E-state index in [-0.39, 0.29) is 53.8 Å². The van der Waals surface area contributed by atoms with Crippen molar-refractivity contribution in [1.29, 1.82) is 0 Å². The second-order valence-electron chi connectivity index (χ2n) is 10.4. The van der Waals surface area contributed by atoms with Crippen LogP contribution in [0.5, 0.6) is 0 Å². The number of hydrogen-bond donors (Lipinski definition) is 0. The van der Waals surface area contributed by atoms with E-state index in [0.29, 0.717) is 25.8 Å². The first kappa shape index (κ1) is 18.1. The van der Waals surface area contributed by atoms with Crippen LogP contribution >= 0.6 is 0 Å². The first-order valence-corrected chi connectivity index (χ1v) is 10.4. The van der Waals surface area contributed by atoms with Gasteiger partial charge < -0.3 is 9.80 Å². The van der Waals surface area contributed by atoms with Crippen molar-refractivity contribution in [2.24, 2.45) is 28.6 Å². The van der Waals surface area contributed by atoms with E-state index in [1.54, 1.807) is 7.05 Å². The number of nitrogens with zero attached hydrogens (tertiary/aromatic N) is 3. The fourth-order valence-corrected chi connectivity index (χ4v) is 7.58. The van der Waals surface area contributed by atoms with Gasteiger partial charge in [0, 0.05) is 45.4 Å². The average Bonchev–Trinajstić information content (AvgIpc) is 2.96. The molecule has 6 rings (SSSR count). The molecule has 0 aromatic carbocycles. The summed E-state index contributed by atoms with van der Waals surface area (Å²) in [6.07, 6.45) is 1.74. The molecular formula is C21H29N3O4. The second kappa shape index (κ2) is 4.97. The Kier molecular flexibility index (Phi) is 3.22. The van der Waals surface area contributed by atoms with Crippen LogP contribution in [0.2, 0.25) is 0 Å². The fourth-order valence-electron chi connectivity index (χ4n) is 7.58. The van der Waals surface area contributed by atoms with E-state index in [4.69, 9.17) is 0 Å². The molecule has 5 heterocycles. The van der Waals surface area contributed by atoms with Crippen molar-refractivity contribution in [1.82, 2.24) is 14.7 Å². The Labute approximate surface area is 165 Å². The highest BCUT2D eigenvalue weighted by Crippen LogP contribution is 2.66. The Balaban J connectivity index is 1.70. The number of amides is 4. The molecular weight excluding hydrogens is 358 g/mol. The Hall–Kier alpha value is -1.92. The van der Waals surface area contributed by atoms with Crippen molar-refractivity contribution in [2.45, 2.75) is 58.0 Å². The lowest BCUT2D eigenvalue weighted by Crippen LogP contribution is -2.65. The number of fused-ring (bicyclic) bond motifs is 1. The van der Waals surface area contributed by atoms with Crippen LogP contribution in [0.3, 0.4) is 0 Å². The topological polar surface area (TPSA) is 78.0 Å². The third-order valence-electron chi connectivity index (χ3n) is 9.46. The second-order valence-corrected chi connectivity index (χ2v) is 10.4. The molecule has 28 heavy (non-hydrogen) atoms.